The van der Waals surface area contributed by atoms with Crippen LogP contribution in [0.25, 0.3) is 0 Å². The van der Waals surface area contributed by atoms with Crippen molar-refractivity contribution in [1.29, 1.82) is 0 Å². The summed E-state index contributed by atoms with van der Waals surface area (Å²) in [5.74, 6) is 0.107. The van der Waals surface area contributed by atoms with Crippen LogP contribution in [0.2, 0.25) is 0 Å². The summed E-state index contributed by atoms with van der Waals surface area (Å²) >= 11 is 2.16. The van der Waals surface area contributed by atoms with Crippen molar-refractivity contribution in [2.75, 3.05) is 0 Å². The number of amides is 1. The van der Waals surface area contributed by atoms with Crippen LogP contribution in [0.15, 0.2) is 0 Å². The Balaban J connectivity index is 2.51. The largest absolute Gasteiger partial charge is 0.370 e. The molecule has 0 saturated heterocycles. The molecule has 5 nitrogen and oxygen atoms in total. The smallest absolute Gasteiger partial charge is 0.217 e. The van der Waals surface area contributed by atoms with Gasteiger partial charge in [0.1, 0.15) is 6.29 Å². The van der Waals surface area contributed by atoms with Crippen molar-refractivity contribution in [3.05, 3.63) is 0 Å². The highest BCUT2D eigenvalue weighted by Gasteiger charge is 2.34. The van der Waals surface area contributed by atoms with Crippen molar-refractivity contribution in [3.63, 3.8) is 0 Å². The molecule has 102 valence electrons. The third-order valence-corrected chi connectivity index (χ3v) is 5.15. The standard InChI is InChI=1S/C12H19IN2O3/c1-7-2-4-9(12(18)11(7)13)15-8(6-16)3-5-10(14)17/h6-9,11,15H,2-5H2,1H3,(H2,14,17)/t7?,8-,9?,11?/m1/s1. The molecule has 4 atom stereocenters. The number of aldehydes is 1. The molecule has 1 aliphatic rings. The van der Waals surface area contributed by atoms with E-state index >= 15 is 0 Å². The molecule has 1 amide bonds. The van der Waals surface area contributed by atoms with Gasteiger partial charge in [0.25, 0.3) is 0 Å². The number of hydrogen-bond donors (Lipinski definition) is 2. The van der Waals surface area contributed by atoms with Crippen LogP contribution in [0, 0.1) is 5.92 Å². The van der Waals surface area contributed by atoms with Crippen LogP contribution in [0.1, 0.15) is 32.6 Å². The molecule has 1 rings (SSSR count). The van der Waals surface area contributed by atoms with Crippen molar-refractivity contribution < 1.29 is 14.4 Å². The minimum atomic E-state index is -0.469. The van der Waals surface area contributed by atoms with Gasteiger partial charge in [0, 0.05) is 6.42 Å². The summed E-state index contributed by atoms with van der Waals surface area (Å²) in [7, 11) is 0. The van der Waals surface area contributed by atoms with E-state index in [1.54, 1.807) is 0 Å². The second kappa shape index (κ2) is 7.18. The molecular weight excluding hydrogens is 347 g/mol. The summed E-state index contributed by atoms with van der Waals surface area (Å²) in [4.78, 5) is 33.6. The third-order valence-electron chi connectivity index (χ3n) is 3.31. The van der Waals surface area contributed by atoms with Crippen molar-refractivity contribution in [3.8, 4) is 0 Å². The van der Waals surface area contributed by atoms with Gasteiger partial charge in [-0.2, -0.15) is 0 Å². The molecule has 18 heavy (non-hydrogen) atoms. The van der Waals surface area contributed by atoms with Gasteiger partial charge in [0.15, 0.2) is 5.78 Å². The van der Waals surface area contributed by atoms with Crippen molar-refractivity contribution in [2.45, 2.75) is 48.6 Å². The van der Waals surface area contributed by atoms with Crippen molar-refractivity contribution in [1.82, 2.24) is 5.32 Å². The Morgan fingerprint density at radius 2 is 2.28 bits per heavy atom. The van der Waals surface area contributed by atoms with Gasteiger partial charge in [-0.1, -0.05) is 29.5 Å². The number of halogens is 1. The summed E-state index contributed by atoms with van der Waals surface area (Å²) < 4.78 is -0.00251. The Labute approximate surface area is 120 Å². The van der Waals surface area contributed by atoms with Crippen LogP contribution >= 0.6 is 22.6 Å². The molecule has 1 aliphatic carbocycles. The van der Waals surface area contributed by atoms with E-state index in [0.29, 0.717) is 12.3 Å². The Morgan fingerprint density at radius 1 is 1.61 bits per heavy atom. The minimum Gasteiger partial charge on any atom is -0.370 e. The molecule has 3 unspecified atom stereocenters. The van der Waals surface area contributed by atoms with E-state index in [9.17, 15) is 14.4 Å². The Bertz CT molecular complexity index is 335. The zero-order valence-corrected chi connectivity index (χ0v) is 12.6. The van der Waals surface area contributed by atoms with E-state index in [4.69, 9.17) is 5.73 Å². The number of rotatable bonds is 6. The number of Topliss-reactive ketones (excluding diaryl/α,β-unsaturated/α-hetero) is 1. The van der Waals surface area contributed by atoms with Crippen LogP contribution in [-0.4, -0.2) is 34.0 Å². The first kappa shape index (κ1) is 15.6. The lowest BCUT2D eigenvalue weighted by Crippen LogP contribution is -2.50. The molecule has 0 radical (unpaired) electrons. The summed E-state index contributed by atoms with van der Waals surface area (Å²) in [5.41, 5.74) is 5.05. The normalized spacial score (nSPS) is 29.9. The van der Waals surface area contributed by atoms with Gasteiger partial charge in [-0.05, 0) is 25.2 Å². The summed E-state index contributed by atoms with van der Waals surface area (Å²) in [5, 5.41) is 3.03. The molecule has 0 aromatic carbocycles. The van der Waals surface area contributed by atoms with E-state index in [0.717, 1.165) is 19.1 Å². The Hall–Kier alpha value is -0.500. The number of ketones is 1. The molecule has 0 bridgehead atoms. The molecule has 0 aromatic rings. The first-order valence-corrected chi connectivity index (χ1v) is 7.37. The molecule has 0 spiro atoms. The SMILES string of the molecule is CC1CCC(N[C@@H](C=O)CCC(N)=O)C(=O)C1I. The van der Waals surface area contributed by atoms with Crippen molar-refractivity contribution >= 4 is 40.6 Å². The van der Waals surface area contributed by atoms with Crippen molar-refractivity contribution in [2.24, 2.45) is 11.7 Å². The molecule has 3 N–H and O–H groups in total. The first-order chi connectivity index (χ1) is 8.45. The molecular formula is C12H19IN2O3. The monoisotopic (exact) mass is 366 g/mol. The maximum Gasteiger partial charge on any atom is 0.217 e. The average Bonchev–Trinajstić information content (AvgIpc) is 2.34. The second-order valence-electron chi connectivity index (χ2n) is 4.83. The fourth-order valence-electron chi connectivity index (χ4n) is 2.10. The predicted molar refractivity (Wildman–Crippen MR) is 76.4 cm³/mol. The lowest BCUT2D eigenvalue weighted by Gasteiger charge is -2.31. The fourth-order valence-corrected chi connectivity index (χ4v) is 2.90. The van der Waals surface area contributed by atoms with Crippen LogP contribution in [0.5, 0.6) is 0 Å². The van der Waals surface area contributed by atoms with Gasteiger partial charge < -0.3 is 10.5 Å². The number of carbonyl (C=O) groups is 3. The second-order valence-corrected chi connectivity index (χ2v) is 6.17. The van der Waals surface area contributed by atoms with Gasteiger partial charge in [-0.25, -0.2) is 0 Å². The number of carbonyl (C=O) groups excluding carboxylic acids is 3. The maximum absolute atomic E-state index is 12.0. The molecule has 1 fully saturated rings. The number of hydrogen-bond acceptors (Lipinski definition) is 4. The third kappa shape index (κ3) is 4.31. The average molecular weight is 366 g/mol. The maximum atomic E-state index is 12.0. The van der Waals surface area contributed by atoms with Gasteiger partial charge in [-0.15, -0.1) is 0 Å². The molecule has 6 heteroatoms. The Morgan fingerprint density at radius 3 is 2.83 bits per heavy atom. The first-order valence-electron chi connectivity index (χ1n) is 6.13. The molecule has 1 saturated carbocycles. The Kier molecular flexibility index (Phi) is 6.20. The lowest BCUT2D eigenvalue weighted by molar-refractivity contribution is -0.123. The van der Waals surface area contributed by atoms with Gasteiger partial charge in [0.2, 0.25) is 5.91 Å². The zero-order chi connectivity index (χ0) is 13.7. The van der Waals surface area contributed by atoms with Crippen LogP contribution in [0.4, 0.5) is 0 Å². The highest BCUT2D eigenvalue weighted by Crippen LogP contribution is 2.27. The number of nitrogens with one attached hydrogen (secondary N) is 1. The molecule has 0 heterocycles. The van der Waals surface area contributed by atoms with Gasteiger partial charge >= 0.3 is 0 Å². The van der Waals surface area contributed by atoms with E-state index in [2.05, 4.69) is 34.8 Å². The lowest BCUT2D eigenvalue weighted by atomic mass is 9.86. The summed E-state index contributed by atoms with van der Waals surface area (Å²) in [6, 6.07) is -0.741. The van der Waals surface area contributed by atoms with Crippen LogP contribution in [-0.2, 0) is 14.4 Å². The highest BCUT2D eigenvalue weighted by atomic mass is 127. The topological polar surface area (TPSA) is 89.3 Å². The summed E-state index contributed by atoms with van der Waals surface area (Å²) in [6.45, 7) is 2.07. The molecule has 0 aliphatic heterocycles. The van der Waals surface area contributed by atoms with Crippen LogP contribution < -0.4 is 11.1 Å². The van der Waals surface area contributed by atoms with Gasteiger partial charge in [-0.3, -0.25) is 14.9 Å². The van der Waals surface area contributed by atoms with E-state index in [1.165, 1.54) is 0 Å². The van der Waals surface area contributed by atoms with E-state index < -0.39 is 11.9 Å². The van der Waals surface area contributed by atoms with Crippen LogP contribution in [0.3, 0.4) is 0 Å². The highest BCUT2D eigenvalue weighted by molar-refractivity contribution is 14.1. The number of primary amides is 1. The van der Waals surface area contributed by atoms with E-state index in [1.807, 2.05) is 0 Å². The predicted octanol–water partition coefficient (Wildman–Crippen LogP) is 0.580. The summed E-state index contributed by atoms with van der Waals surface area (Å²) in [6.07, 6.45) is 2.97. The fraction of sp³-hybridized carbons (Fsp3) is 0.750. The van der Waals surface area contributed by atoms with Gasteiger partial charge in [0.05, 0.1) is 16.0 Å². The number of nitrogens with two attached hydrogens (primary N) is 1. The minimum absolute atomic E-state index is 0.00251. The number of alkyl halides is 1. The van der Waals surface area contributed by atoms with E-state index in [-0.39, 0.29) is 22.2 Å². The zero-order valence-electron chi connectivity index (χ0n) is 10.4. The quantitative estimate of drug-likeness (QED) is 0.409. The molecule has 0 aromatic heterocycles.